The zero-order valence-corrected chi connectivity index (χ0v) is 19.0. The summed E-state index contributed by atoms with van der Waals surface area (Å²) in [6, 6.07) is -1.51. The van der Waals surface area contributed by atoms with Crippen LogP contribution in [0.25, 0.3) is 0 Å². The molecule has 2 atom stereocenters. The molecule has 1 rings (SSSR count). The lowest BCUT2D eigenvalue weighted by Gasteiger charge is -2.24. The van der Waals surface area contributed by atoms with Crippen LogP contribution in [0.5, 0.6) is 0 Å². The van der Waals surface area contributed by atoms with Crippen LogP contribution >= 0.6 is 0 Å². The number of nitrogens with zero attached hydrogens (tertiary/aromatic N) is 1. The average molecular weight is 452 g/mol. The second kappa shape index (κ2) is 13.2. The van der Waals surface area contributed by atoms with Gasteiger partial charge in [-0.15, -0.1) is 0 Å². The summed E-state index contributed by atoms with van der Waals surface area (Å²) < 4.78 is 0. The van der Waals surface area contributed by atoms with Crippen molar-refractivity contribution in [1.29, 1.82) is 0 Å². The third-order valence-corrected chi connectivity index (χ3v) is 4.89. The van der Waals surface area contributed by atoms with Crippen LogP contribution in [0, 0.1) is 5.92 Å². The van der Waals surface area contributed by atoms with Gasteiger partial charge >= 0.3 is 0 Å². The third kappa shape index (κ3) is 8.86. The van der Waals surface area contributed by atoms with E-state index >= 15 is 0 Å². The molecule has 0 aliphatic carbocycles. The van der Waals surface area contributed by atoms with Gasteiger partial charge in [0, 0.05) is 45.6 Å². The molecule has 0 radical (unpaired) electrons. The van der Waals surface area contributed by atoms with Crippen LogP contribution in [0.2, 0.25) is 0 Å². The molecule has 4 N–H and O–H groups in total. The molecular weight excluding hydrogens is 418 g/mol. The molecule has 0 unspecified atom stereocenters. The standard InChI is InChI=1S/C21H33N5O6/c1-13(2)19(21(32)22-4)25-20(31)15(24-14(3)27)7-5-6-11-23-16(28)10-12-26-17(29)8-9-18(26)30/h8-9,13,15,19H,5-7,10-12H2,1-4H3,(H,22,32)(H,23,28)(H,24,27)(H,25,31)/t15-,19-/m0/s1. The molecule has 11 heteroatoms. The maximum atomic E-state index is 12.6. The summed E-state index contributed by atoms with van der Waals surface area (Å²) in [7, 11) is 1.49. The minimum Gasteiger partial charge on any atom is -0.357 e. The van der Waals surface area contributed by atoms with Crippen molar-refractivity contribution < 1.29 is 28.8 Å². The molecule has 0 bridgehead atoms. The molecular formula is C21H33N5O6. The SMILES string of the molecule is CNC(=O)[C@@H](NC(=O)[C@H](CCCCNC(=O)CCN1C(=O)C=CC1=O)NC(C)=O)C(C)C. The summed E-state index contributed by atoms with van der Waals surface area (Å²) >= 11 is 0. The van der Waals surface area contributed by atoms with Crippen molar-refractivity contribution in [2.24, 2.45) is 5.92 Å². The smallest absolute Gasteiger partial charge is 0.253 e. The van der Waals surface area contributed by atoms with Gasteiger partial charge in [-0.3, -0.25) is 33.7 Å². The molecule has 0 aromatic heterocycles. The summed E-state index contributed by atoms with van der Waals surface area (Å²) in [5, 5.41) is 10.5. The Bertz CT molecular complexity index is 746. The van der Waals surface area contributed by atoms with Crippen LogP contribution in [0.15, 0.2) is 12.2 Å². The Balaban J connectivity index is 2.41. The predicted octanol–water partition coefficient (Wildman–Crippen LogP) is -1.02. The van der Waals surface area contributed by atoms with E-state index in [1.807, 2.05) is 13.8 Å². The van der Waals surface area contributed by atoms with E-state index in [1.54, 1.807) is 0 Å². The molecule has 0 saturated heterocycles. The van der Waals surface area contributed by atoms with Gasteiger partial charge in [-0.2, -0.15) is 0 Å². The minimum atomic E-state index is -0.797. The van der Waals surface area contributed by atoms with E-state index in [0.717, 1.165) is 4.90 Å². The molecule has 0 fully saturated rings. The highest BCUT2D eigenvalue weighted by atomic mass is 16.2. The average Bonchev–Trinajstić information content (AvgIpc) is 3.05. The van der Waals surface area contributed by atoms with Gasteiger partial charge in [0.25, 0.3) is 11.8 Å². The molecule has 0 aromatic rings. The second-order valence-corrected chi connectivity index (χ2v) is 7.85. The van der Waals surface area contributed by atoms with E-state index < -0.39 is 29.8 Å². The summed E-state index contributed by atoms with van der Waals surface area (Å²) in [4.78, 5) is 71.9. The van der Waals surface area contributed by atoms with Crippen molar-refractivity contribution in [3.8, 4) is 0 Å². The molecule has 1 heterocycles. The fourth-order valence-corrected chi connectivity index (χ4v) is 3.11. The number of nitrogens with one attached hydrogen (secondary N) is 4. The fourth-order valence-electron chi connectivity index (χ4n) is 3.11. The topological polar surface area (TPSA) is 154 Å². The predicted molar refractivity (Wildman–Crippen MR) is 116 cm³/mol. The molecule has 11 nitrogen and oxygen atoms in total. The number of imide groups is 1. The van der Waals surface area contributed by atoms with Crippen LogP contribution < -0.4 is 21.3 Å². The lowest BCUT2D eigenvalue weighted by atomic mass is 10.0. The molecule has 6 amide bonds. The molecule has 0 aromatic carbocycles. The van der Waals surface area contributed by atoms with Crippen LogP contribution in [0.4, 0.5) is 0 Å². The molecule has 32 heavy (non-hydrogen) atoms. The molecule has 1 aliphatic rings. The van der Waals surface area contributed by atoms with Crippen molar-refractivity contribution in [3.05, 3.63) is 12.2 Å². The van der Waals surface area contributed by atoms with E-state index in [2.05, 4.69) is 21.3 Å². The summed E-state index contributed by atoms with van der Waals surface area (Å²) in [6.07, 6.45) is 3.77. The Hall–Kier alpha value is -3.24. The summed E-state index contributed by atoms with van der Waals surface area (Å²) in [6.45, 7) is 5.29. The van der Waals surface area contributed by atoms with E-state index in [0.29, 0.717) is 25.8 Å². The first-order valence-corrected chi connectivity index (χ1v) is 10.7. The van der Waals surface area contributed by atoms with Gasteiger partial charge in [0.2, 0.25) is 23.6 Å². The number of hydrogen-bond donors (Lipinski definition) is 4. The number of carbonyl (C=O) groups is 6. The quantitative estimate of drug-likeness (QED) is 0.208. The van der Waals surface area contributed by atoms with Crippen LogP contribution in [-0.2, 0) is 28.8 Å². The fraction of sp³-hybridized carbons (Fsp3) is 0.619. The number of unbranched alkanes of at least 4 members (excludes halogenated alkanes) is 1. The normalized spacial score (nSPS) is 14.8. The Morgan fingerprint density at radius 3 is 2.12 bits per heavy atom. The van der Waals surface area contributed by atoms with Crippen LogP contribution in [0.1, 0.15) is 46.5 Å². The zero-order valence-electron chi connectivity index (χ0n) is 19.0. The number of likely N-dealkylation sites (N-methyl/N-ethyl adjacent to an activating group) is 1. The van der Waals surface area contributed by atoms with Crippen LogP contribution in [0.3, 0.4) is 0 Å². The van der Waals surface area contributed by atoms with Gasteiger partial charge in [0.1, 0.15) is 12.1 Å². The van der Waals surface area contributed by atoms with E-state index in [4.69, 9.17) is 0 Å². The van der Waals surface area contributed by atoms with E-state index in [1.165, 1.54) is 26.1 Å². The minimum absolute atomic E-state index is 0.00612. The summed E-state index contributed by atoms with van der Waals surface area (Å²) in [5.41, 5.74) is 0. The lowest BCUT2D eigenvalue weighted by molar-refractivity contribution is -0.137. The zero-order chi connectivity index (χ0) is 24.3. The highest BCUT2D eigenvalue weighted by Crippen LogP contribution is 2.07. The number of carbonyl (C=O) groups excluding carboxylic acids is 6. The Kier molecular flexibility index (Phi) is 11.1. The Morgan fingerprint density at radius 2 is 1.59 bits per heavy atom. The van der Waals surface area contributed by atoms with Crippen molar-refractivity contribution in [2.45, 2.75) is 58.5 Å². The Labute approximate surface area is 187 Å². The van der Waals surface area contributed by atoms with Crippen molar-refractivity contribution >= 4 is 35.4 Å². The van der Waals surface area contributed by atoms with Gasteiger partial charge in [-0.1, -0.05) is 13.8 Å². The number of hydrogen-bond acceptors (Lipinski definition) is 6. The maximum Gasteiger partial charge on any atom is 0.253 e. The highest BCUT2D eigenvalue weighted by molar-refractivity contribution is 6.13. The monoisotopic (exact) mass is 451 g/mol. The van der Waals surface area contributed by atoms with Crippen molar-refractivity contribution in [3.63, 3.8) is 0 Å². The summed E-state index contributed by atoms with van der Waals surface area (Å²) in [5.74, 6) is -2.40. The number of rotatable bonds is 13. The maximum absolute atomic E-state index is 12.6. The van der Waals surface area contributed by atoms with Gasteiger partial charge in [-0.25, -0.2) is 0 Å². The van der Waals surface area contributed by atoms with Gasteiger partial charge < -0.3 is 21.3 Å². The molecule has 0 saturated carbocycles. The largest absolute Gasteiger partial charge is 0.357 e. The van der Waals surface area contributed by atoms with Crippen molar-refractivity contribution in [2.75, 3.05) is 20.1 Å². The third-order valence-electron chi connectivity index (χ3n) is 4.89. The molecule has 0 spiro atoms. The highest BCUT2D eigenvalue weighted by Gasteiger charge is 2.27. The van der Waals surface area contributed by atoms with Crippen molar-refractivity contribution in [1.82, 2.24) is 26.2 Å². The second-order valence-electron chi connectivity index (χ2n) is 7.85. The first-order chi connectivity index (χ1) is 15.1. The van der Waals surface area contributed by atoms with Gasteiger partial charge in [-0.05, 0) is 25.2 Å². The van der Waals surface area contributed by atoms with Crippen LogP contribution in [-0.4, -0.2) is 72.6 Å². The van der Waals surface area contributed by atoms with E-state index in [-0.39, 0.29) is 36.6 Å². The van der Waals surface area contributed by atoms with Gasteiger partial charge in [0.05, 0.1) is 0 Å². The van der Waals surface area contributed by atoms with Gasteiger partial charge in [0.15, 0.2) is 0 Å². The first-order valence-electron chi connectivity index (χ1n) is 10.7. The molecule has 178 valence electrons. The Morgan fingerprint density at radius 1 is 0.969 bits per heavy atom. The van der Waals surface area contributed by atoms with E-state index in [9.17, 15) is 28.8 Å². The first kappa shape index (κ1) is 26.8. The number of amides is 6. The molecule has 1 aliphatic heterocycles. The lowest BCUT2D eigenvalue weighted by Crippen LogP contribution is -2.54.